The van der Waals surface area contributed by atoms with Gasteiger partial charge in [-0.05, 0) is 40.9 Å². The molecule has 1 saturated heterocycles. The van der Waals surface area contributed by atoms with Crippen molar-refractivity contribution >= 4 is 44.9 Å². The summed E-state index contributed by atoms with van der Waals surface area (Å²) in [4.78, 5) is 15.2. The Bertz CT molecular complexity index is 439. The third-order valence-corrected chi connectivity index (χ3v) is 6.20. The van der Waals surface area contributed by atoms with E-state index in [1.54, 1.807) is 23.1 Å². The molecule has 2 heterocycles. The largest absolute Gasteiger partial charge is 0.381 e. The maximum Gasteiger partial charge on any atom is 0.233 e. The molecule has 1 amide bonds. The third-order valence-electron chi connectivity index (χ3n) is 3.14. The average molecular weight is 378 g/mol. The zero-order chi connectivity index (χ0) is 14.4. The van der Waals surface area contributed by atoms with E-state index in [0.717, 1.165) is 42.8 Å². The topological polar surface area (TPSA) is 29.5 Å². The van der Waals surface area contributed by atoms with Crippen LogP contribution < -0.4 is 0 Å². The van der Waals surface area contributed by atoms with Crippen molar-refractivity contribution in [3.8, 4) is 0 Å². The van der Waals surface area contributed by atoms with Crippen LogP contribution >= 0.6 is 39.0 Å². The minimum Gasteiger partial charge on any atom is -0.381 e. The molecule has 0 bridgehead atoms. The molecule has 0 saturated carbocycles. The lowest BCUT2D eigenvalue weighted by Gasteiger charge is -2.22. The zero-order valence-corrected chi connectivity index (χ0v) is 14.9. The van der Waals surface area contributed by atoms with Crippen LogP contribution in [0.1, 0.15) is 36.4 Å². The number of carbonyl (C=O) groups is 1. The summed E-state index contributed by atoms with van der Waals surface area (Å²) in [6.07, 6.45) is 3.19. The Morgan fingerprint density at radius 3 is 2.90 bits per heavy atom. The molecule has 0 aromatic carbocycles. The predicted molar refractivity (Wildman–Crippen MR) is 89.3 cm³/mol. The number of ether oxygens (including phenoxy) is 1. The summed E-state index contributed by atoms with van der Waals surface area (Å²) in [7, 11) is 0. The van der Waals surface area contributed by atoms with E-state index in [-0.39, 0.29) is 11.3 Å². The molecule has 2 rings (SSSR count). The van der Waals surface area contributed by atoms with Crippen molar-refractivity contribution < 1.29 is 9.53 Å². The summed E-state index contributed by atoms with van der Waals surface area (Å²) in [5.41, 5.74) is 0. The molecule has 1 aliphatic heterocycles. The van der Waals surface area contributed by atoms with Gasteiger partial charge < -0.3 is 9.64 Å². The monoisotopic (exact) mass is 377 g/mol. The van der Waals surface area contributed by atoms with Gasteiger partial charge in [0.2, 0.25) is 5.91 Å². The van der Waals surface area contributed by atoms with E-state index in [1.807, 2.05) is 4.90 Å². The van der Waals surface area contributed by atoms with E-state index in [0.29, 0.717) is 5.75 Å². The van der Waals surface area contributed by atoms with Gasteiger partial charge in [0.05, 0.1) is 9.54 Å². The van der Waals surface area contributed by atoms with Gasteiger partial charge in [0.25, 0.3) is 0 Å². The van der Waals surface area contributed by atoms with Crippen LogP contribution in [0.15, 0.2) is 15.9 Å². The lowest BCUT2D eigenvalue weighted by atomic mass is 10.3. The first-order chi connectivity index (χ1) is 9.72. The van der Waals surface area contributed by atoms with E-state index in [9.17, 15) is 4.79 Å². The molecule has 3 nitrogen and oxygen atoms in total. The maximum absolute atomic E-state index is 12.0. The van der Waals surface area contributed by atoms with Gasteiger partial charge in [-0.3, -0.25) is 4.79 Å². The van der Waals surface area contributed by atoms with Crippen molar-refractivity contribution in [2.24, 2.45) is 0 Å². The molecule has 112 valence electrons. The van der Waals surface area contributed by atoms with E-state index in [2.05, 4.69) is 35.0 Å². The number of halogens is 1. The van der Waals surface area contributed by atoms with Gasteiger partial charge in [-0.25, -0.2) is 0 Å². The van der Waals surface area contributed by atoms with Gasteiger partial charge in [0.1, 0.15) is 5.37 Å². The Morgan fingerprint density at radius 2 is 2.20 bits per heavy atom. The lowest BCUT2D eigenvalue weighted by molar-refractivity contribution is -0.128. The van der Waals surface area contributed by atoms with Gasteiger partial charge in [-0.15, -0.1) is 23.1 Å². The van der Waals surface area contributed by atoms with E-state index in [4.69, 9.17) is 4.74 Å². The highest BCUT2D eigenvalue weighted by Crippen LogP contribution is 2.42. The normalized spacial score (nSPS) is 19.0. The molecule has 1 fully saturated rings. The third kappa shape index (κ3) is 4.48. The van der Waals surface area contributed by atoms with Crippen molar-refractivity contribution in [2.75, 3.05) is 25.5 Å². The van der Waals surface area contributed by atoms with Gasteiger partial charge in [-0.2, -0.15) is 0 Å². The Labute approximate surface area is 137 Å². The summed E-state index contributed by atoms with van der Waals surface area (Å²) in [5.74, 6) is 0.842. The molecule has 6 heteroatoms. The fourth-order valence-electron chi connectivity index (χ4n) is 2.08. The van der Waals surface area contributed by atoms with Crippen molar-refractivity contribution in [3.05, 3.63) is 20.8 Å². The first-order valence-electron chi connectivity index (χ1n) is 6.96. The highest BCUT2D eigenvalue weighted by atomic mass is 79.9. The van der Waals surface area contributed by atoms with Crippen molar-refractivity contribution in [2.45, 2.75) is 31.6 Å². The van der Waals surface area contributed by atoms with Gasteiger partial charge in [-0.1, -0.05) is 13.3 Å². The molecule has 1 aromatic heterocycles. The van der Waals surface area contributed by atoms with Crippen LogP contribution in [0.4, 0.5) is 0 Å². The Balaban J connectivity index is 1.80. The summed E-state index contributed by atoms with van der Waals surface area (Å²) >= 11 is 6.92. The minimum absolute atomic E-state index is 0.189. The second-order valence-electron chi connectivity index (χ2n) is 4.71. The molecule has 20 heavy (non-hydrogen) atoms. The lowest BCUT2D eigenvalue weighted by Crippen LogP contribution is -2.29. The smallest absolute Gasteiger partial charge is 0.233 e. The maximum atomic E-state index is 12.0. The number of rotatable bonds is 8. The number of nitrogens with zero attached hydrogens (tertiary/aromatic N) is 1. The highest BCUT2D eigenvalue weighted by Gasteiger charge is 2.33. The van der Waals surface area contributed by atoms with Crippen LogP contribution in [0.3, 0.4) is 0 Å². The Kier molecular flexibility index (Phi) is 6.87. The summed E-state index contributed by atoms with van der Waals surface area (Å²) in [5, 5.41) is 0.189. The van der Waals surface area contributed by atoms with Gasteiger partial charge >= 0.3 is 0 Å². The van der Waals surface area contributed by atoms with Crippen LogP contribution in [-0.2, 0) is 9.53 Å². The first-order valence-corrected chi connectivity index (χ1v) is 9.62. The predicted octanol–water partition coefficient (Wildman–Crippen LogP) is 4.29. The summed E-state index contributed by atoms with van der Waals surface area (Å²) < 4.78 is 6.69. The second kappa shape index (κ2) is 8.41. The fraction of sp³-hybridized carbons (Fsp3) is 0.643. The molecule has 0 N–H and O–H groups in total. The molecule has 0 aliphatic carbocycles. The standard InChI is InChI=1S/C14H20BrNO2S2/c1-2-3-8-18-9-4-7-16-13(17)10-19-14(16)11-5-6-12(15)20-11/h5-6,14H,2-4,7-10H2,1H3. The molecule has 0 radical (unpaired) electrons. The van der Waals surface area contributed by atoms with E-state index >= 15 is 0 Å². The quantitative estimate of drug-likeness (QED) is 0.632. The van der Waals surface area contributed by atoms with Crippen LogP contribution in [-0.4, -0.2) is 36.3 Å². The molecule has 1 aliphatic rings. The summed E-state index contributed by atoms with van der Waals surface area (Å²) in [6.45, 7) is 4.53. The molecule has 1 atom stereocenters. The number of hydrogen-bond donors (Lipinski definition) is 0. The van der Waals surface area contributed by atoms with Crippen LogP contribution in [0.25, 0.3) is 0 Å². The van der Waals surface area contributed by atoms with Crippen molar-refractivity contribution in [1.29, 1.82) is 0 Å². The Hall–Kier alpha value is -0.0400. The summed E-state index contributed by atoms with van der Waals surface area (Å²) in [6, 6.07) is 4.16. The average Bonchev–Trinajstić information content (AvgIpc) is 3.01. The SMILES string of the molecule is CCCCOCCCN1C(=O)CSC1c1ccc(Br)s1. The van der Waals surface area contributed by atoms with E-state index in [1.165, 1.54) is 4.88 Å². The number of amides is 1. The molecular formula is C14H20BrNO2S2. The fourth-order valence-corrected chi connectivity index (χ4v) is 4.96. The van der Waals surface area contributed by atoms with Crippen LogP contribution in [0, 0.1) is 0 Å². The number of thiophene rings is 1. The molecule has 0 spiro atoms. The van der Waals surface area contributed by atoms with Crippen LogP contribution in [0.2, 0.25) is 0 Å². The zero-order valence-electron chi connectivity index (χ0n) is 11.6. The van der Waals surface area contributed by atoms with Crippen LogP contribution in [0.5, 0.6) is 0 Å². The van der Waals surface area contributed by atoms with Gasteiger partial charge in [0.15, 0.2) is 0 Å². The highest BCUT2D eigenvalue weighted by molar-refractivity contribution is 9.11. The van der Waals surface area contributed by atoms with Gasteiger partial charge in [0, 0.05) is 24.6 Å². The molecular weight excluding hydrogens is 358 g/mol. The number of thioether (sulfide) groups is 1. The van der Waals surface area contributed by atoms with Crippen molar-refractivity contribution in [1.82, 2.24) is 4.90 Å². The molecule has 1 unspecified atom stereocenters. The first kappa shape index (κ1) is 16.3. The second-order valence-corrected chi connectivity index (χ2v) is 8.27. The molecule has 1 aromatic rings. The van der Waals surface area contributed by atoms with E-state index < -0.39 is 0 Å². The van der Waals surface area contributed by atoms with Crippen molar-refractivity contribution in [3.63, 3.8) is 0 Å². The Morgan fingerprint density at radius 1 is 1.40 bits per heavy atom. The number of hydrogen-bond acceptors (Lipinski definition) is 4. The minimum atomic E-state index is 0.189. The number of carbonyl (C=O) groups excluding carboxylic acids is 1. The number of unbranched alkanes of at least 4 members (excludes halogenated alkanes) is 1.